The van der Waals surface area contributed by atoms with Crippen molar-refractivity contribution in [3.05, 3.63) is 0 Å². The molecule has 0 amide bonds. The van der Waals surface area contributed by atoms with Crippen LogP contribution in [-0.2, 0) is 47.8 Å². The second-order valence-corrected chi connectivity index (χ2v) is 18.7. The van der Waals surface area contributed by atoms with Crippen LogP contribution < -0.4 is 0 Å². The van der Waals surface area contributed by atoms with Crippen LogP contribution in [0.25, 0.3) is 0 Å². The van der Waals surface area contributed by atoms with Gasteiger partial charge >= 0.3 is 16.4 Å². The molecule has 5 N–H and O–H groups in total. The van der Waals surface area contributed by atoms with Gasteiger partial charge in [-0.1, -0.05) is 20.8 Å². The lowest BCUT2D eigenvalue weighted by Gasteiger charge is -2.48. The zero-order chi connectivity index (χ0) is 42.9. The van der Waals surface area contributed by atoms with Crippen molar-refractivity contribution in [2.75, 3.05) is 34.8 Å². The summed E-state index contributed by atoms with van der Waals surface area (Å²) in [5, 5.41) is 47.1. The van der Waals surface area contributed by atoms with Gasteiger partial charge in [-0.05, 0) is 94.8 Å². The van der Waals surface area contributed by atoms with Crippen molar-refractivity contribution in [3.63, 3.8) is 0 Å². The van der Waals surface area contributed by atoms with Gasteiger partial charge in [0.1, 0.15) is 30.0 Å². The van der Waals surface area contributed by atoms with E-state index in [2.05, 4.69) is 0 Å². The average Bonchev–Trinajstić information content (AvgIpc) is 3.08. The van der Waals surface area contributed by atoms with Gasteiger partial charge in [-0.25, -0.2) is 4.18 Å². The van der Waals surface area contributed by atoms with Crippen molar-refractivity contribution in [1.82, 2.24) is 9.80 Å². The molecule has 0 aliphatic carbocycles. The Bertz CT molecular complexity index is 1390. The summed E-state index contributed by atoms with van der Waals surface area (Å²) >= 11 is 0. The first-order valence-corrected chi connectivity index (χ1v) is 21.2. The number of methoxy groups -OCH3 is 1. The number of carbonyl (C=O) groups is 1. The molecule has 3 heterocycles. The van der Waals surface area contributed by atoms with Crippen molar-refractivity contribution in [2.24, 2.45) is 17.8 Å². The smallest absolute Gasteiger partial charge is 0.397 e. The molecule has 17 nitrogen and oxygen atoms in total. The molecular weight excluding hydrogens is 756 g/mol. The summed E-state index contributed by atoms with van der Waals surface area (Å²) in [6, 6.07) is -1.20. The third-order valence-corrected chi connectivity index (χ3v) is 12.8. The summed E-state index contributed by atoms with van der Waals surface area (Å²) in [6.45, 7) is 16.9. The normalized spacial score (nSPS) is 47.2. The molecule has 3 saturated heterocycles. The minimum absolute atomic E-state index is 0.0284. The second-order valence-electron chi connectivity index (χ2n) is 17.7. The maximum absolute atomic E-state index is 14.4. The monoisotopic (exact) mass is 828 g/mol. The number of aliphatic hydroxyl groups is 4. The number of esters is 1. The van der Waals surface area contributed by atoms with E-state index in [9.17, 15) is 38.2 Å². The molecule has 18 atom stereocenters. The first-order chi connectivity index (χ1) is 25.6. The van der Waals surface area contributed by atoms with Gasteiger partial charge in [-0.2, -0.15) is 8.42 Å². The largest absolute Gasteiger partial charge is 0.459 e. The highest BCUT2D eigenvalue weighted by molar-refractivity contribution is 7.80. The molecule has 0 aromatic heterocycles. The molecule has 0 spiro atoms. The van der Waals surface area contributed by atoms with Crippen LogP contribution in [0.5, 0.6) is 0 Å². The summed E-state index contributed by atoms with van der Waals surface area (Å²) in [7, 11) is 1.76. The van der Waals surface area contributed by atoms with Crippen molar-refractivity contribution >= 4 is 16.4 Å². The van der Waals surface area contributed by atoms with E-state index in [4.69, 9.17) is 32.6 Å². The Kier molecular flexibility index (Phi) is 16.8. The standard InChI is InChI=1S/C38H72N2O15S/c1-15-27-38(10,45)33(55-56(46,47)48)24(6)40(13)19-20(2)17-36(8,44)32(54-35-29(41)26(39(11)12)16-21(3)50-35)22(4)30(23(5)34(43)52-27)53-28-18-37(9,49-14)31(42)25(7)51-28/h20-33,35,41-42,44-45H,15-19H2,1-14H3,(H,46,47,48)/t20-,21-,22+,23-,24-,25+,26+,27-,28+,29-,30+,31+,32-,33-,35+,36-,37-,38-/m1/s1. The summed E-state index contributed by atoms with van der Waals surface area (Å²) in [4.78, 5) is 18.0. The summed E-state index contributed by atoms with van der Waals surface area (Å²) in [5.74, 6) is -3.14. The molecule has 56 heavy (non-hydrogen) atoms. The fourth-order valence-electron chi connectivity index (χ4n) is 9.03. The van der Waals surface area contributed by atoms with Gasteiger partial charge in [0, 0.05) is 38.1 Å². The van der Waals surface area contributed by atoms with Crippen LogP contribution in [-0.4, -0.2) is 174 Å². The lowest BCUT2D eigenvalue weighted by atomic mass is 9.77. The molecule has 0 unspecified atom stereocenters. The Morgan fingerprint density at radius 3 is 2.11 bits per heavy atom. The van der Waals surface area contributed by atoms with Crippen molar-refractivity contribution in [2.45, 2.75) is 185 Å². The summed E-state index contributed by atoms with van der Waals surface area (Å²) < 4.78 is 76.7. The highest BCUT2D eigenvalue weighted by atomic mass is 32.3. The molecule has 0 aromatic rings. The van der Waals surface area contributed by atoms with Crippen LogP contribution in [0.1, 0.15) is 94.9 Å². The van der Waals surface area contributed by atoms with E-state index < -0.39 is 106 Å². The second kappa shape index (κ2) is 19.1. The first kappa shape index (κ1) is 49.3. The van der Waals surface area contributed by atoms with Crippen LogP contribution in [0.2, 0.25) is 0 Å². The van der Waals surface area contributed by atoms with E-state index in [1.54, 1.807) is 60.4 Å². The average molecular weight is 829 g/mol. The van der Waals surface area contributed by atoms with Crippen molar-refractivity contribution in [3.8, 4) is 0 Å². The SMILES string of the molecule is CC[C@H]1OC(=O)[C@H](C)[C@@H](O[C@H]2C[C@@](C)(OC)[C@@H](O)[C@H](C)O2)[C@H](C)[C@@H](O[C@@H]2O[C@H](C)C[C@H](N(C)C)[C@H]2O)[C@](C)(O)C[C@@H](C)CN(C)[C@H](C)[C@@H](OS(=O)(=O)O)[C@]1(C)O. The van der Waals surface area contributed by atoms with Crippen LogP contribution in [0.15, 0.2) is 0 Å². The van der Waals surface area contributed by atoms with Crippen molar-refractivity contribution in [1.29, 1.82) is 0 Å². The van der Waals surface area contributed by atoms with Crippen LogP contribution >= 0.6 is 0 Å². The third-order valence-electron chi connectivity index (χ3n) is 12.4. The number of cyclic esters (lactones) is 1. The van der Waals surface area contributed by atoms with E-state index in [1.807, 2.05) is 32.8 Å². The fraction of sp³-hybridized carbons (Fsp3) is 0.974. The van der Waals surface area contributed by atoms with E-state index in [0.717, 1.165) is 0 Å². The molecule has 0 radical (unpaired) electrons. The Hall–Kier alpha value is -1.10. The first-order valence-electron chi connectivity index (χ1n) is 19.8. The maximum Gasteiger partial charge on any atom is 0.397 e. The number of rotatable bonds is 9. The highest BCUT2D eigenvalue weighted by Crippen LogP contribution is 2.40. The Morgan fingerprint density at radius 2 is 1.57 bits per heavy atom. The lowest BCUT2D eigenvalue weighted by molar-refractivity contribution is -0.318. The predicted molar refractivity (Wildman–Crippen MR) is 205 cm³/mol. The fourth-order valence-corrected chi connectivity index (χ4v) is 9.65. The summed E-state index contributed by atoms with van der Waals surface area (Å²) in [5.41, 5.74) is -4.91. The molecule has 3 aliphatic heterocycles. The van der Waals surface area contributed by atoms with Crippen molar-refractivity contribution < 1.29 is 70.8 Å². The quantitative estimate of drug-likeness (QED) is 0.165. The minimum atomic E-state index is -5.10. The molecule has 0 saturated carbocycles. The number of nitrogens with zero attached hydrogens (tertiary/aromatic N) is 2. The van der Waals surface area contributed by atoms with E-state index >= 15 is 0 Å². The number of carbonyl (C=O) groups excluding carboxylic acids is 1. The van der Waals surface area contributed by atoms with Crippen LogP contribution in [0, 0.1) is 17.8 Å². The Morgan fingerprint density at radius 1 is 0.964 bits per heavy atom. The Labute approximate surface area is 334 Å². The summed E-state index contributed by atoms with van der Waals surface area (Å²) in [6.07, 6.45) is -9.83. The molecule has 3 fully saturated rings. The minimum Gasteiger partial charge on any atom is -0.459 e. The number of hydrogen-bond donors (Lipinski definition) is 5. The van der Waals surface area contributed by atoms with Gasteiger partial charge in [0.25, 0.3) is 0 Å². The molecule has 330 valence electrons. The van der Waals surface area contributed by atoms with E-state index in [1.165, 1.54) is 14.0 Å². The van der Waals surface area contributed by atoms with Gasteiger partial charge in [0.15, 0.2) is 12.6 Å². The van der Waals surface area contributed by atoms with Gasteiger partial charge < -0.3 is 58.6 Å². The molecule has 0 aromatic carbocycles. The molecule has 0 bridgehead atoms. The zero-order valence-electron chi connectivity index (χ0n) is 35.8. The van der Waals surface area contributed by atoms with E-state index in [-0.39, 0.29) is 43.9 Å². The molecule has 3 aliphatic rings. The van der Waals surface area contributed by atoms with Gasteiger partial charge in [0.2, 0.25) is 0 Å². The topological polar surface area (TPSA) is 223 Å². The number of ether oxygens (including phenoxy) is 6. The van der Waals surface area contributed by atoms with Gasteiger partial charge in [-0.15, -0.1) is 0 Å². The molecule has 18 heteroatoms. The highest BCUT2D eigenvalue weighted by Gasteiger charge is 2.53. The predicted octanol–water partition coefficient (Wildman–Crippen LogP) is 1.73. The molecule has 3 rings (SSSR count). The van der Waals surface area contributed by atoms with E-state index in [0.29, 0.717) is 6.42 Å². The number of hydrogen-bond acceptors (Lipinski definition) is 16. The third kappa shape index (κ3) is 11.6. The number of likely N-dealkylation sites (N-methyl/N-ethyl adjacent to an activating group) is 2. The number of aliphatic hydroxyl groups excluding tert-OH is 2. The lowest BCUT2D eigenvalue weighted by Crippen LogP contribution is -2.60. The van der Waals surface area contributed by atoms with Crippen LogP contribution in [0.3, 0.4) is 0 Å². The van der Waals surface area contributed by atoms with Gasteiger partial charge in [0.05, 0.1) is 41.5 Å². The van der Waals surface area contributed by atoms with Gasteiger partial charge in [-0.3, -0.25) is 9.35 Å². The van der Waals surface area contributed by atoms with Crippen LogP contribution in [0.4, 0.5) is 0 Å². The zero-order valence-corrected chi connectivity index (χ0v) is 36.6. The maximum atomic E-state index is 14.4. The Balaban J connectivity index is 2.23. The molecular formula is C38H72N2O15S.